The van der Waals surface area contributed by atoms with Crippen molar-refractivity contribution >= 4 is 27.4 Å². The zero-order valence-electron chi connectivity index (χ0n) is 13.8. The molecule has 0 radical (unpaired) electrons. The van der Waals surface area contributed by atoms with Gasteiger partial charge in [0.05, 0.1) is 5.39 Å². The van der Waals surface area contributed by atoms with Crippen LogP contribution in [-0.4, -0.2) is 31.5 Å². The zero-order valence-corrected chi connectivity index (χ0v) is 14.7. The molecular weight excluding hydrogens is 352 g/mol. The van der Waals surface area contributed by atoms with Crippen LogP contribution in [0.5, 0.6) is 11.5 Å². The molecule has 0 unspecified atom stereocenters. The van der Waals surface area contributed by atoms with Crippen molar-refractivity contribution in [2.24, 2.45) is 0 Å². The molecule has 0 saturated carbocycles. The number of thiophene rings is 1. The molecule has 9 heteroatoms. The lowest BCUT2D eigenvalue weighted by molar-refractivity contribution is 0.174. The first kappa shape index (κ1) is 15.1. The van der Waals surface area contributed by atoms with Crippen LogP contribution in [0.15, 0.2) is 36.2 Å². The van der Waals surface area contributed by atoms with Crippen molar-refractivity contribution in [1.82, 2.24) is 24.7 Å². The minimum absolute atomic E-state index is 0.272. The summed E-state index contributed by atoms with van der Waals surface area (Å²) in [5, 5.41) is 10.7. The number of aromatic nitrogens is 5. The number of benzene rings is 1. The Morgan fingerprint density at radius 2 is 2.15 bits per heavy atom. The first-order valence-electron chi connectivity index (χ1n) is 8.01. The molecule has 1 N–H and O–H groups in total. The summed E-state index contributed by atoms with van der Waals surface area (Å²) in [6.45, 7) is 2.94. The Morgan fingerprint density at radius 1 is 1.23 bits per heavy atom. The Labute approximate surface area is 152 Å². The number of aryl methyl sites for hydroxylation is 1. The summed E-state index contributed by atoms with van der Waals surface area (Å²) in [5.41, 5.74) is 2.22. The van der Waals surface area contributed by atoms with Crippen molar-refractivity contribution in [2.75, 3.05) is 12.1 Å². The topological polar surface area (TPSA) is 87.0 Å². The largest absolute Gasteiger partial charge is 0.454 e. The molecule has 3 aromatic heterocycles. The number of anilines is 1. The van der Waals surface area contributed by atoms with Gasteiger partial charge in [0.15, 0.2) is 11.5 Å². The Bertz CT molecular complexity index is 1090. The Balaban J connectivity index is 1.50. The predicted molar refractivity (Wildman–Crippen MR) is 97.0 cm³/mol. The van der Waals surface area contributed by atoms with Crippen LogP contribution >= 0.6 is 11.3 Å². The minimum Gasteiger partial charge on any atom is -0.454 e. The van der Waals surface area contributed by atoms with E-state index in [1.807, 2.05) is 18.2 Å². The lowest BCUT2D eigenvalue weighted by Crippen LogP contribution is -2.07. The first-order chi connectivity index (χ1) is 12.8. The van der Waals surface area contributed by atoms with E-state index < -0.39 is 0 Å². The highest BCUT2D eigenvalue weighted by molar-refractivity contribution is 7.17. The van der Waals surface area contributed by atoms with Gasteiger partial charge in [0.1, 0.15) is 23.3 Å². The maximum atomic E-state index is 5.44. The third-order valence-electron chi connectivity index (χ3n) is 4.13. The second kappa shape index (κ2) is 5.95. The monoisotopic (exact) mass is 366 g/mol. The van der Waals surface area contributed by atoms with Gasteiger partial charge in [-0.1, -0.05) is 6.07 Å². The van der Waals surface area contributed by atoms with Crippen LogP contribution in [0.2, 0.25) is 0 Å². The van der Waals surface area contributed by atoms with E-state index in [1.54, 1.807) is 22.3 Å². The summed E-state index contributed by atoms with van der Waals surface area (Å²) in [5.74, 6) is 2.81. The zero-order chi connectivity index (χ0) is 17.5. The highest BCUT2D eigenvalue weighted by atomic mass is 32.1. The van der Waals surface area contributed by atoms with Crippen molar-refractivity contribution < 1.29 is 9.47 Å². The smallest absolute Gasteiger partial charge is 0.255 e. The Kier molecular flexibility index (Phi) is 3.45. The van der Waals surface area contributed by atoms with E-state index in [0.717, 1.165) is 38.7 Å². The summed E-state index contributed by atoms with van der Waals surface area (Å²) < 4.78 is 12.4. The summed E-state index contributed by atoms with van der Waals surface area (Å²) in [6, 6.07) is 5.91. The summed E-state index contributed by atoms with van der Waals surface area (Å²) in [4.78, 5) is 14.1. The van der Waals surface area contributed by atoms with E-state index in [-0.39, 0.29) is 6.79 Å². The molecule has 8 nitrogen and oxygen atoms in total. The highest BCUT2D eigenvalue weighted by Gasteiger charge is 2.15. The van der Waals surface area contributed by atoms with Crippen LogP contribution in [0.4, 0.5) is 5.82 Å². The molecule has 0 amide bonds. The second-order valence-corrected chi connectivity index (χ2v) is 6.71. The Hall–Kier alpha value is -3.20. The van der Waals surface area contributed by atoms with Gasteiger partial charge in [-0.2, -0.15) is 19.7 Å². The maximum absolute atomic E-state index is 5.44. The lowest BCUT2D eigenvalue weighted by Gasteiger charge is -2.10. The molecule has 1 aliphatic heterocycles. The third kappa shape index (κ3) is 2.53. The second-order valence-electron chi connectivity index (χ2n) is 5.85. The maximum Gasteiger partial charge on any atom is 0.255 e. The molecule has 130 valence electrons. The summed E-state index contributed by atoms with van der Waals surface area (Å²) in [6.07, 6.45) is 3.05. The predicted octanol–water partition coefficient (Wildman–Crippen LogP) is 2.92. The van der Waals surface area contributed by atoms with E-state index in [1.165, 1.54) is 6.33 Å². The fraction of sp³-hybridized carbons (Fsp3) is 0.176. The molecule has 4 heterocycles. The number of hydrogen-bond acceptors (Lipinski definition) is 8. The van der Waals surface area contributed by atoms with Gasteiger partial charge in [0.2, 0.25) is 6.79 Å². The van der Waals surface area contributed by atoms with Crippen molar-refractivity contribution in [1.29, 1.82) is 0 Å². The van der Waals surface area contributed by atoms with Crippen molar-refractivity contribution in [3.8, 4) is 17.4 Å². The number of ether oxygens (including phenoxy) is 2. The van der Waals surface area contributed by atoms with Crippen LogP contribution in [0, 0.1) is 6.92 Å². The Morgan fingerprint density at radius 3 is 3.04 bits per heavy atom. The van der Waals surface area contributed by atoms with E-state index in [0.29, 0.717) is 12.5 Å². The summed E-state index contributed by atoms with van der Waals surface area (Å²) in [7, 11) is 0. The number of hydrogen-bond donors (Lipinski definition) is 1. The van der Waals surface area contributed by atoms with Gasteiger partial charge < -0.3 is 14.8 Å². The number of nitrogens with one attached hydrogen (secondary N) is 1. The highest BCUT2D eigenvalue weighted by Crippen LogP contribution is 2.33. The molecule has 26 heavy (non-hydrogen) atoms. The third-order valence-corrected chi connectivity index (χ3v) is 5.12. The molecule has 5 rings (SSSR count). The van der Waals surface area contributed by atoms with Gasteiger partial charge in [0.25, 0.3) is 5.95 Å². The lowest BCUT2D eigenvalue weighted by atomic mass is 10.2. The standard InChI is InChI=1S/C17H14N6O2S/c1-10-6-26-16-14(10)15(21-17(22-16)23-8-18-7-20-23)19-5-11-2-3-12-13(4-11)25-9-24-12/h2-4,6-8H,5,9H2,1H3,(H,19,21,22). The average molecular weight is 366 g/mol. The van der Waals surface area contributed by atoms with Crippen molar-refractivity contribution in [2.45, 2.75) is 13.5 Å². The molecule has 4 aromatic rings. The molecule has 0 atom stereocenters. The van der Waals surface area contributed by atoms with Crippen LogP contribution in [-0.2, 0) is 6.54 Å². The molecular formula is C17H14N6O2S. The number of fused-ring (bicyclic) bond motifs is 2. The minimum atomic E-state index is 0.272. The van der Waals surface area contributed by atoms with Crippen LogP contribution in [0.1, 0.15) is 11.1 Å². The van der Waals surface area contributed by atoms with Gasteiger partial charge in [-0.3, -0.25) is 0 Å². The first-order valence-corrected chi connectivity index (χ1v) is 8.89. The average Bonchev–Trinajstić information content (AvgIpc) is 3.40. The molecule has 0 bridgehead atoms. The van der Waals surface area contributed by atoms with E-state index in [2.05, 4.69) is 37.7 Å². The van der Waals surface area contributed by atoms with E-state index >= 15 is 0 Å². The molecule has 0 spiro atoms. The molecule has 0 aliphatic carbocycles. The normalized spacial score (nSPS) is 12.7. The van der Waals surface area contributed by atoms with Crippen LogP contribution < -0.4 is 14.8 Å². The number of rotatable bonds is 4. The van der Waals surface area contributed by atoms with Gasteiger partial charge in [-0.25, -0.2) is 4.98 Å². The van der Waals surface area contributed by atoms with Crippen LogP contribution in [0.3, 0.4) is 0 Å². The SMILES string of the molecule is Cc1csc2nc(-n3cncn3)nc(NCc3ccc4c(c3)OCO4)c12. The molecule has 0 fully saturated rings. The summed E-state index contributed by atoms with van der Waals surface area (Å²) >= 11 is 1.59. The van der Waals surface area contributed by atoms with E-state index in [9.17, 15) is 0 Å². The van der Waals surface area contributed by atoms with Gasteiger partial charge in [0, 0.05) is 6.54 Å². The van der Waals surface area contributed by atoms with Crippen molar-refractivity contribution in [3.63, 3.8) is 0 Å². The molecule has 1 aliphatic rings. The van der Waals surface area contributed by atoms with Gasteiger partial charge >= 0.3 is 0 Å². The van der Waals surface area contributed by atoms with E-state index in [4.69, 9.17) is 9.47 Å². The molecule has 0 saturated heterocycles. The fourth-order valence-corrected chi connectivity index (χ4v) is 3.77. The molecule has 1 aromatic carbocycles. The number of nitrogens with zero attached hydrogens (tertiary/aromatic N) is 5. The van der Waals surface area contributed by atoms with Crippen LogP contribution in [0.25, 0.3) is 16.2 Å². The van der Waals surface area contributed by atoms with Gasteiger partial charge in [-0.05, 0) is 35.6 Å². The quantitative estimate of drug-likeness (QED) is 0.594. The fourth-order valence-electron chi connectivity index (χ4n) is 2.85. The van der Waals surface area contributed by atoms with Crippen molar-refractivity contribution in [3.05, 3.63) is 47.4 Å². The van der Waals surface area contributed by atoms with Gasteiger partial charge in [-0.15, -0.1) is 11.3 Å².